The van der Waals surface area contributed by atoms with Crippen LogP contribution in [0.25, 0.3) is 11.3 Å². The van der Waals surface area contributed by atoms with Gasteiger partial charge in [0, 0.05) is 11.4 Å². The lowest BCUT2D eigenvalue weighted by Gasteiger charge is -2.19. The average Bonchev–Trinajstić information content (AvgIpc) is 2.97. The average molecular weight is 406 g/mol. The number of carbonyl (C=O) groups is 2. The first-order valence-electron chi connectivity index (χ1n) is 7.12. The van der Waals surface area contributed by atoms with Gasteiger partial charge in [0.2, 0.25) is 11.8 Å². The Kier molecular flexibility index (Phi) is 5.98. The van der Waals surface area contributed by atoms with Crippen molar-refractivity contribution in [2.45, 2.75) is 13.8 Å². The van der Waals surface area contributed by atoms with Crippen molar-refractivity contribution in [2.75, 3.05) is 18.3 Å². The van der Waals surface area contributed by atoms with Gasteiger partial charge in [-0.25, -0.2) is 4.79 Å². The van der Waals surface area contributed by atoms with Crippen molar-refractivity contribution < 1.29 is 18.8 Å². The van der Waals surface area contributed by atoms with E-state index < -0.39 is 17.3 Å². The summed E-state index contributed by atoms with van der Waals surface area (Å²) >= 11 is 18.1. The molecule has 1 heterocycles. The summed E-state index contributed by atoms with van der Waals surface area (Å²) in [6.07, 6.45) is 0. The summed E-state index contributed by atoms with van der Waals surface area (Å²) in [6.45, 7) is 3.30. The van der Waals surface area contributed by atoms with Crippen LogP contribution in [0.1, 0.15) is 24.2 Å². The Labute approximate surface area is 159 Å². The number of esters is 1. The van der Waals surface area contributed by atoms with E-state index in [9.17, 15) is 9.59 Å². The van der Waals surface area contributed by atoms with E-state index in [0.717, 1.165) is 0 Å². The molecule has 0 spiro atoms. The van der Waals surface area contributed by atoms with Gasteiger partial charge in [0.15, 0.2) is 5.56 Å². The number of nitrogens with one attached hydrogen (secondary N) is 1. The fraction of sp³-hybridized carbons (Fsp3) is 0.312. The molecule has 6 nitrogen and oxygen atoms in total. The number of ether oxygens (including phenoxy) is 1. The summed E-state index contributed by atoms with van der Waals surface area (Å²) in [5.74, 6) is -1.29. The standard InChI is InChI=1S/C16H15Cl3N2O4/c1-16(2,7-17)15(23)20-13-11(14(22)24-3)12(21-25-13)10-8(18)5-4-6-9(10)19/h4-6H,7H2,1-3H3,(H,20,23). The van der Waals surface area contributed by atoms with Crippen LogP contribution in [0.3, 0.4) is 0 Å². The van der Waals surface area contributed by atoms with Crippen molar-refractivity contribution in [2.24, 2.45) is 5.41 Å². The molecule has 0 aliphatic rings. The Hall–Kier alpha value is -1.76. The number of hydrogen-bond acceptors (Lipinski definition) is 5. The molecule has 2 rings (SSSR count). The lowest BCUT2D eigenvalue weighted by Crippen LogP contribution is -2.32. The molecule has 0 saturated carbocycles. The summed E-state index contributed by atoms with van der Waals surface area (Å²) in [7, 11) is 1.20. The summed E-state index contributed by atoms with van der Waals surface area (Å²) in [5, 5.41) is 6.89. The van der Waals surface area contributed by atoms with Crippen molar-refractivity contribution in [3.63, 3.8) is 0 Å². The molecule has 1 aromatic carbocycles. The first-order valence-corrected chi connectivity index (χ1v) is 8.41. The molecule has 0 fully saturated rings. The number of carbonyl (C=O) groups excluding carboxylic acids is 2. The van der Waals surface area contributed by atoms with E-state index in [1.807, 2.05) is 0 Å². The molecule has 9 heteroatoms. The number of benzene rings is 1. The van der Waals surface area contributed by atoms with Crippen LogP contribution in [0.5, 0.6) is 0 Å². The molecule has 134 valence electrons. The molecule has 0 bridgehead atoms. The van der Waals surface area contributed by atoms with Gasteiger partial charge in [-0.3, -0.25) is 10.1 Å². The fourth-order valence-electron chi connectivity index (χ4n) is 1.89. The van der Waals surface area contributed by atoms with E-state index in [2.05, 4.69) is 10.5 Å². The lowest BCUT2D eigenvalue weighted by molar-refractivity contribution is -0.123. The molecule has 0 unspecified atom stereocenters. The Morgan fingerprint density at radius 3 is 2.40 bits per heavy atom. The van der Waals surface area contributed by atoms with Gasteiger partial charge in [-0.2, -0.15) is 0 Å². The number of anilines is 1. The van der Waals surface area contributed by atoms with E-state index >= 15 is 0 Å². The molecular formula is C16H15Cl3N2O4. The predicted molar refractivity (Wildman–Crippen MR) is 96.4 cm³/mol. The number of alkyl halides is 1. The van der Waals surface area contributed by atoms with Gasteiger partial charge in [-0.05, 0) is 26.0 Å². The molecule has 0 atom stereocenters. The Morgan fingerprint density at radius 1 is 1.28 bits per heavy atom. The second-order valence-electron chi connectivity index (χ2n) is 5.80. The van der Waals surface area contributed by atoms with Gasteiger partial charge in [0.05, 0.1) is 22.6 Å². The molecule has 1 amide bonds. The summed E-state index contributed by atoms with van der Waals surface area (Å²) < 4.78 is 9.92. The highest BCUT2D eigenvalue weighted by Crippen LogP contribution is 2.38. The van der Waals surface area contributed by atoms with Crippen LogP contribution in [0.15, 0.2) is 22.7 Å². The predicted octanol–water partition coefficient (Wildman–Crippen LogP) is 4.64. The number of rotatable bonds is 5. The molecule has 0 radical (unpaired) electrons. The lowest BCUT2D eigenvalue weighted by atomic mass is 9.95. The third-order valence-corrected chi connectivity index (χ3v) is 4.76. The number of hydrogen-bond donors (Lipinski definition) is 1. The minimum Gasteiger partial charge on any atom is -0.465 e. The van der Waals surface area contributed by atoms with Gasteiger partial charge in [-0.15, -0.1) is 11.6 Å². The number of aromatic nitrogens is 1. The molecule has 0 aliphatic heterocycles. The van der Waals surface area contributed by atoms with Crippen LogP contribution in [0, 0.1) is 5.41 Å². The Balaban J connectivity index is 2.56. The van der Waals surface area contributed by atoms with Crippen molar-refractivity contribution in [1.29, 1.82) is 0 Å². The van der Waals surface area contributed by atoms with Gasteiger partial charge in [-0.1, -0.05) is 34.4 Å². The van der Waals surface area contributed by atoms with Gasteiger partial charge < -0.3 is 9.26 Å². The van der Waals surface area contributed by atoms with E-state index in [-0.39, 0.29) is 33.1 Å². The topological polar surface area (TPSA) is 81.4 Å². The SMILES string of the molecule is COC(=O)c1c(-c2c(Cl)cccc2Cl)noc1NC(=O)C(C)(C)CCl. The highest BCUT2D eigenvalue weighted by atomic mass is 35.5. The zero-order valence-corrected chi connectivity index (χ0v) is 15.9. The van der Waals surface area contributed by atoms with Crippen LogP contribution in [-0.2, 0) is 9.53 Å². The maximum atomic E-state index is 12.3. The molecular weight excluding hydrogens is 391 g/mol. The Morgan fingerprint density at radius 2 is 1.88 bits per heavy atom. The number of halogens is 3. The van der Waals surface area contributed by atoms with Crippen molar-refractivity contribution >= 4 is 52.6 Å². The summed E-state index contributed by atoms with van der Waals surface area (Å²) in [4.78, 5) is 24.5. The van der Waals surface area contributed by atoms with Gasteiger partial charge in [0.1, 0.15) is 5.69 Å². The van der Waals surface area contributed by atoms with Crippen molar-refractivity contribution in [3.8, 4) is 11.3 Å². The van der Waals surface area contributed by atoms with Gasteiger partial charge in [0.25, 0.3) is 0 Å². The molecule has 0 saturated heterocycles. The maximum absolute atomic E-state index is 12.3. The van der Waals surface area contributed by atoms with Crippen LogP contribution in [-0.4, -0.2) is 30.0 Å². The third-order valence-electron chi connectivity index (χ3n) is 3.46. The first kappa shape index (κ1) is 19.6. The fourth-order valence-corrected chi connectivity index (χ4v) is 2.59. The first-order chi connectivity index (χ1) is 11.7. The third kappa shape index (κ3) is 3.92. The quantitative estimate of drug-likeness (QED) is 0.579. The number of methoxy groups -OCH3 is 1. The molecule has 1 N–H and O–H groups in total. The Bertz CT molecular complexity index is 797. The van der Waals surface area contributed by atoms with Crippen LogP contribution in [0.2, 0.25) is 10.0 Å². The summed E-state index contributed by atoms with van der Waals surface area (Å²) in [5.41, 5.74) is -0.603. The molecule has 25 heavy (non-hydrogen) atoms. The van der Waals surface area contributed by atoms with E-state index in [1.54, 1.807) is 32.0 Å². The van der Waals surface area contributed by atoms with E-state index in [4.69, 9.17) is 44.1 Å². The zero-order valence-electron chi connectivity index (χ0n) is 13.7. The monoisotopic (exact) mass is 404 g/mol. The number of nitrogens with zero attached hydrogens (tertiary/aromatic N) is 1. The van der Waals surface area contributed by atoms with Crippen molar-refractivity contribution in [3.05, 3.63) is 33.8 Å². The molecule has 1 aromatic heterocycles. The minimum atomic E-state index is -0.885. The van der Waals surface area contributed by atoms with Crippen LogP contribution in [0.4, 0.5) is 5.88 Å². The largest absolute Gasteiger partial charge is 0.465 e. The highest BCUT2D eigenvalue weighted by Gasteiger charge is 2.32. The van der Waals surface area contributed by atoms with E-state index in [0.29, 0.717) is 5.56 Å². The normalized spacial score (nSPS) is 11.3. The smallest absolute Gasteiger partial charge is 0.345 e. The highest BCUT2D eigenvalue weighted by molar-refractivity contribution is 6.39. The second-order valence-corrected chi connectivity index (χ2v) is 6.88. The zero-order chi connectivity index (χ0) is 18.8. The second kappa shape index (κ2) is 7.64. The summed E-state index contributed by atoms with van der Waals surface area (Å²) in [6, 6.07) is 4.83. The minimum absolute atomic E-state index is 0.0708. The van der Waals surface area contributed by atoms with Crippen LogP contribution < -0.4 is 5.32 Å². The number of amides is 1. The van der Waals surface area contributed by atoms with E-state index in [1.165, 1.54) is 7.11 Å². The van der Waals surface area contributed by atoms with Gasteiger partial charge >= 0.3 is 5.97 Å². The maximum Gasteiger partial charge on any atom is 0.345 e. The van der Waals surface area contributed by atoms with Crippen molar-refractivity contribution in [1.82, 2.24) is 5.16 Å². The molecule has 2 aromatic rings. The molecule has 0 aliphatic carbocycles. The van der Waals surface area contributed by atoms with Crippen LogP contribution >= 0.6 is 34.8 Å².